The van der Waals surface area contributed by atoms with Crippen molar-refractivity contribution in [2.45, 2.75) is 26.2 Å². The molecule has 0 saturated carbocycles. The zero-order valence-corrected chi connectivity index (χ0v) is 24.4. The minimum absolute atomic E-state index is 0.0668. The summed E-state index contributed by atoms with van der Waals surface area (Å²) in [5.74, 6) is 0.0967. The normalized spacial score (nSPS) is 13.6. The number of hydrogen-bond acceptors (Lipinski definition) is 6. The van der Waals surface area contributed by atoms with Gasteiger partial charge >= 0.3 is 0 Å². The van der Waals surface area contributed by atoms with Crippen LogP contribution in [0.1, 0.15) is 26.2 Å². The number of aromatic amines is 2. The molecule has 0 unspecified atom stereocenters. The van der Waals surface area contributed by atoms with Crippen LogP contribution < -0.4 is 10.1 Å². The quantitative estimate of drug-likeness (QED) is 0.171. The lowest BCUT2D eigenvalue weighted by Gasteiger charge is -2.15. The van der Waals surface area contributed by atoms with Crippen molar-refractivity contribution in [2.24, 2.45) is 0 Å². The number of halogens is 1. The Kier molecular flexibility index (Phi) is 7.49. The molecular weight excluding hydrogens is 557 g/mol. The molecule has 1 saturated heterocycles. The number of amides is 1. The highest BCUT2D eigenvalue weighted by atomic mass is 19.1. The first-order valence-corrected chi connectivity index (χ1v) is 14.9. The van der Waals surface area contributed by atoms with Crippen LogP contribution in [0.3, 0.4) is 0 Å². The molecule has 10 heteroatoms. The minimum Gasteiger partial charge on any atom is -0.492 e. The third-order valence-electron chi connectivity index (χ3n) is 8.08. The lowest BCUT2D eigenvalue weighted by Crippen LogP contribution is -2.25. The number of hydrogen-bond donors (Lipinski definition) is 3. The molecule has 44 heavy (non-hydrogen) atoms. The van der Waals surface area contributed by atoms with Gasteiger partial charge in [0.2, 0.25) is 5.91 Å². The summed E-state index contributed by atoms with van der Waals surface area (Å²) in [7, 11) is 0. The van der Waals surface area contributed by atoms with Crippen LogP contribution in [0.4, 0.5) is 10.1 Å². The molecule has 0 bridgehead atoms. The van der Waals surface area contributed by atoms with Crippen LogP contribution in [-0.4, -0.2) is 62.2 Å². The van der Waals surface area contributed by atoms with Crippen LogP contribution in [0.25, 0.3) is 55.6 Å². The van der Waals surface area contributed by atoms with Gasteiger partial charge in [0.25, 0.3) is 0 Å². The zero-order chi connectivity index (χ0) is 30.0. The van der Waals surface area contributed by atoms with Crippen molar-refractivity contribution < 1.29 is 13.9 Å². The van der Waals surface area contributed by atoms with E-state index in [4.69, 9.17) is 4.74 Å². The first-order chi connectivity index (χ1) is 21.5. The van der Waals surface area contributed by atoms with Crippen LogP contribution in [0.2, 0.25) is 0 Å². The Balaban J connectivity index is 1.20. The van der Waals surface area contributed by atoms with Crippen LogP contribution in [0, 0.1) is 5.82 Å². The van der Waals surface area contributed by atoms with E-state index in [9.17, 15) is 9.18 Å². The number of carbonyl (C=O) groups excluding carboxylic acids is 1. The summed E-state index contributed by atoms with van der Waals surface area (Å²) in [4.78, 5) is 26.5. The van der Waals surface area contributed by atoms with Gasteiger partial charge in [-0.2, -0.15) is 5.10 Å². The van der Waals surface area contributed by atoms with Gasteiger partial charge in [0.15, 0.2) is 0 Å². The Morgan fingerprint density at radius 3 is 2.75 bits per heavy atom. The summed E-state index contributed by atoms with van der Waals surface area (Å²) in [5.41, 5.74) is 7.09. The molecule has 5 heterocycles. The molecule has 0 aliphatic carbocycles. The molecule has 3 N–H and O–H groups in total. The van der Waals surface area contributed by atoms with Gasteiger partial charge in [-0.3, -0.25) is 19.8 Å². The number of rotatable bonds is 9. The Morgan fingerprint density at radius 2 is 1.89 bits per heavy atom. The number of H-pyrrole nitrogens is 2. The predicted octanol–water partition coefficient (Wildman–Crippen LogP) is 6.80. The Hall–Kier alpha value is -5.09. The molecule has 1 aliphatic rings. The summed E-state index contributed by atoms with van der Waals surface area (Å²) < 4.78 is 20.7. The fourth-order valence-electron chi connectivity index (χ4n) is 5.82. The topological polar surface area (TPSA) is 112 Å². The van der Waals surface area contributed by atoms with E-state index in [1.165, 1.54) is 25.0 Å². The van der Waals surface area contributed by atoms with Crippen molar-refractivity contribution in [3.05, 3.63) is 79.0 Å². The van der Waals surface area contributed by atoms with Crippen molar-refractivity contribution >= 4 is 33.5 Å². The SMILES string of the molecule is CCC(=O)Nc1cncc(-c2ccc3[nH]nc(-c4cc5c(-c6cc(F)cc(OCCN7CCCC7)c6)ccnc5[nH]4)c3c2)c1. The summed E-state index contributed by atoms with van der Waals surface area (Å²) in [5, 5.41) is 12.4. The number of likely N-dealkylation sites (tertiary alicyclic amines) is 1. The monoisotopic (exact) mass is 589 g/mol. The standard InChI is InChI=1S/C34H32FN7O2/c1-2-32(43)38-25-14-23(19-36-20-25)21-5-6-30-29(16-21)33(41-40-30)31-18-28-27(7-8-37-34(28)39-31)22-13-24(35)17-26(15-22)44-12-11-42-9-3-4-10-42/h5-8,13-20H,2-4,9-12H2,1H3,(H,37,39)(H,38,43)(H,40,41). The average molecular weight is 590 g/mol. The van der Waals surface area contributed by atoms with E-state index in [0.29, 0.717) is 30.1 Å². The molecule has 1 amide bonds. The smallest absolute Gasteiger partial charge is 0.224 e. The number of anilines is 1. The predicted molar refractivity (Wildman–Crippen MR) is 170 cm³/mol. The number of pyridine rings is 2. The minimum atomic E-state index is -0.349. The van der Waals surface area contributed by atoms with Gasteiger partial charge < -0.3 is 15.0 Å². The van der Waals surface area contributed by atoms with Gasteiger partial charge in [-0.1, -0.05) is 13.0 Å². The number of aromatic nitrogens is 5. The van der Waals surface area contributed by atoms with Gasteiger partial charge in [0.1, 0.15) is 29.5 Å². The zero-order valence-electron chi connectivity index (χ0n) is 24.4. The van der Waals surface area contributed by atoms with E-state index < -0.39 is 0 Å². The number of carbonyl (C=O) groups is 1. The number of fused-ring (bicyclic) bond motifs is 2. The lowest BCUT2D eigenvalue weighted by atomic mass is 10.0. The van der Waals surface area contributed by atoms with Gasteiger partial charge in [0, 0.05) is 47.8 Å². The third-order valence-corrected chi connectivity index (χ3v) is 8.08. The van der Waals surface area contributed by atoms with Crippen molar-refractivity contribution in [1.29, 1.82) is 0 Å². The van der Waals surface area contributed by atoms with Crippen molar-refractivity contribution in [3.63, 3.8) is 0 Å². The molecule has 6 aromatic rings. The van der Waals surface area contributed by atoms with Crippen molar-refractivity contribution in [2.75, 3.05) is 31.6 Å². The summed E-state index contributed by atoms with van der Waals surface area (Å²) >= 11 is 0. The maximum atomic E-state index is 14.8. The van der Waals surface area contributed by atoms with Crippen LogP contribution >= 0.6 is 0 Å². The van der Waals surface area contributed by atoms with Crippen LogP contribution in [0.15, 0.2) is 73.2 Å². The molecule has 9 nitrogen and oxygen atoms in total. The number of ether oxygens (including phenoxy) is 1. The molecule has 0 radical (unpaired) electrons. The summed E-state index contributed by atoms with van der Waals surface area (Å²) in [6.45, 7) is 5.36. The molecule has 4 aromatic heterocycles. The highest BCUT2D eigenvalue weighted by Gasteiger charge is 2.17. The summed E-state index contributed by atoms with van der Waals surface area (Å²) in [6.07, 6.45) is 7.96. The second-order valence-electron chi connectivity index (χ2n) is 11.1. The van der Waals surface area contributed by atoms with Gasteiger partial charge in [0.05, 0.1) is 23.1 Å². The van der Waals surface area contributed by atoms with Gasteiger partial charge in [-0.25, -0.2) is 9.37 Å². The summed E-state index contributed by atoms with van der Waals surface area (Å²) in [6, 6.07) is 16.7. The highest BCUT2D eigenvalue weighted by molar-refractivity contribution is 6.01. The lowest BCUT2D eigenvalue weighted by molar-refractivity contribution is -0.115. The molecule has 7 rings (SSSR count). The molecule has 1 fully saturated rings. The molecule has 1 aliphatic heterocycles. The van der Waals surface area contributed by atoms with E-state index >= 15 is 0 Å². The third kappa shape index (κ3) is 5.63. The van der Waals surface area contributed by atoms with Gasteiger partial charge in [-0.05, 0) is 85.1 Å². The van der Waals surface area contributed by atoms with Gasteiger partial charge in [-0.15, -0.1) is 0 Å². The van der Waals surface area contributed by atoms with Crippen molar-refractivity contribution in [1.82, 2.24) is 30.0 Å². The van der Waals surface area contributed by atoms with Crippen LogP contribution in [0.5, 0.6) is 5.75 Å². The molecule has 222 valence electrons. The Labute approximate surface area is 253 Å². The van der Waals surface area contributed by atoms with Crippen molar-refractivity contribution in [3.8, 4) is 39.4 Å². The molecule has 0 spiro atoms. The fraction of sp³-hybridized carbons (Fsp3) is 0.235. The number of nitrogens with zero attached hydrogens (tertiary/aromatic N) is 4. The second kappa shape index (κ2) is 11.9. The second-order valence-corrected chi connectivity index (χ2v) is 11.1. The van der Waals surface area contributed by atoms with E-state index in [1.54, 1.807) is 18.6 Å². The molecule has 2 aromatic carbocycles. The van der Waals surface area contributed by atoms with E-state index in [2.05, 4.69) is 41.4 Å². The van der Waals surface area contributed by atoms with E-state index in [1.807, 2.05) is 43.3 Å². The Morgan fingerprint density at radius 1 is 1.00 bits per heavy atom. The number of nitrogens with one attached hydrogen (secondary N) is 3. The maximum absolute atomic E-state index is 14.8. The fourth-order valence-corrected chi connectivity index (χ4v) is 5.82. The first kappa shape index (κ1) is 27.7. The molecule has 0 atom stereocenters. The van der Waals surface area contributed by atoms with E-state index in [-0.39, 0.29) is 11.7 Å². The van der Waals surface area contributed by atoms with Crippen LogP contribution in [-0.2, 0) is 4.79 Å². The number of benzene rings is 2. The average Bonchev–Trinajstić information content (AvgIpc) is 3.80. The largest absolute Gasteiger partial charge is 0.492 e. The molecular formula is C34H32FN7O2. The Bertz CT molecular complexity index is 1980. The van der Waals surface area contributed by atoms with E-state index in [0.717, 1.165) is 69.6 Å². The maximum Gasteiger partial charge on any atom is 0.224 e. The first-order valence-electron chi connectivity index (χ1n) is 14.9. The highest BCUT2D eigenvalue weighted by Crippen LogP contribution is 2.36.